The number of aliphatic imine (C=N–C) groups is 1. The van der Waals surface area contributed by atoms with Gasteiger partial charge in [0.2, 0.25) is 0 Å². The number of likely N-dealkylation sites (N-methyl/N-ethyl adjacent to an activating group) is 1. The van der Waals surface area contributed by atoms with E-state index in [1.807, 2.05) is 31.2 Å². The van der Waals surface area contributed by atoms with Gasteiger partial charge in [0, 0.05) is 50.8 Å². The van der Waals surface area contributed by atoms with Crippen LogP contribution >= 0.6 is 11.6 Å². The van der Waals surface area contributed by atoms with Crippen LogP contribution in [0.2, 0.25) is 5.02 Å². The molecule has 0 saturated carbocycles. The predicted octanol–water partition coefficient (Wildman–Crippen LogP) is 2.55. The molecule has 0 spiro atoms. The Hall–Kier alpha value is -1.50. The van der Waals surface area contributed by atoms with Crippen LogP contribution in [-0.4, -0.2) is 81.3 Å². The Bertz CT molecular complexity index is 587. The maximum atomic E-state index is 5.92. The summed E-state index contributed by atoms with van der Waals surface area (Å²) in [7, 11) is 2.19. The van der Waals surface area contributed by atoms with Crippen molar-refractivity contribution < 1.29 is 4.74 Å². The zero-order chi connectivity index (χ0) is 20.4. The van der Waals surface area contributed by atoms with Gasteiger partial charge < -0.3 is 25.2 Å². The largest absolute Gasteiger partial charge is 0.489 e. The highest BCUT2D eigenvalue weighted by atomic mass is 35.5. The minimum atomic E-state index is 0.0211. The third-order valence-electron chi connectivity index (χ3n) is 4.78. The molecule has 1 heterocycles. The molecule has 0 aromatic heterocycles. The topological polar surface area (TPSA) is 52.1 Å². The van der Waals surface area contributed by atoms with E-state index in [0.717, 1.165) is 57.5 Å². The average molecular weight is 410 g/mol. The molecule has 1 aliphatic rings. The molecule has 2 unspecified atom stereocenters. The molecule has 1 fully saturated rings. The molecule has 2 rings (SSSR count). The second kappa shape index (κ2) is 12.1. The molecule has 6 nitrogen and oxygen atoms in total. The Kier molecular flexibility index (Phi) is 9.88. The van der Waals surface area contributed by atoms with E-state index in [-0.39, 0.29) is 6.10 Å². The van der Waals surface area contributed by atoms with E-state index in [4.69, 9.17) is 21.3 Å². The van der Waals surface area contributed by atoms with Crippen molar-refractivity contribution in [1.82, 2.24) is 20.4 Å². The van der Waals surface area contributed by atoms with Crippen LogP contribution in [-0.2, 0) is 0 Å². The number of hydrogen-bond donors (Lipinski definition) is 2. The average Bonchev–Trinajstić information content (AvgIpc) is 2.67. The van der Waals surface area contributed by atoms with Crippen LogP contribution in [0.1, 0.15) is 20.8 Å². The summed E-state index contributed by atoms with van der Waals surface area (Å²) in [5.41, 5.74) is 0. The lowest BCUT2D eigenvalue weighted by atomic mass is 10.1. The summed E-state index contributed by atoms with van der Waals surface area (Å²) in [5.74, 6) is 2.20. The van der Waals surface area contributed by atoms with Crippen LogP contribution in [0.3, 0.4) is 0 Å². The predicted molar refractivity (Wildman–Crippen MR) is 119 cm³/mol. The van der Waals surface area contributed by atoms with Crippen molar-refractivity contribution in [2.45, 2.75) is 26.9 Å². The van der Waals surface area contributed by atoms with Crippen LogP contribution in [0, 0.1) is 5.92 Å². The lowest BCUT2D eigenvalue weighted by Crippen LogP contribution is -2.46. The SMILES string of the molecule is CCNC(=NCC(C)CN1CCN(C)CC1)NCC(C)Oc1ccc(Cl)cc1. The van der Waals surface area contributed by atoms with E-state index in [1.165, 1.54) is 0 Å². The number of piperazine rings is 1. The number of nitrogens with one attached hydrogen (secondary N) is 2. The number of nitrogens with zero attached hydrogens (tertiary/aromatic N) is 3. The van der Waals surface area contributed by atoms with Gasteiger partial charge >= 0.3 is 0 Å². The number of benzene rings is 1. The smallest absolute Gasteiger partial charge is 0.191 e. The zero-order valence-corrected chi connectivity index (χ0v) is 18.5. The fraction of sp³-hybridized carbons (Fsp3) is 0.667. The summed E-state index contributed by atoms with van der Waals surface area (Å²) in [6.07, 6.45) is 0.0211. The summed E-state index contributed by atoms with van der Waals surface area (Å²) in [4.78, 5) is 9.70. The van der Waals surface area contributed by atoms with Crippen molar-refractivity contribution in [3.63, 3.8) is 0 Å². The number of hydrogen-bond acceptors (Lipinski definition) is 4. The lowest BCUT2D eigenvalue weighted by molar-refractivity contribution is 0.140. The van der Waals surface area contributed by atoms with Crippen LogP contribution in [0.15, 0.2) is 29.3 Å². The summed E-state index contributed by atoms with van der Waals surface area (Å²) >= 11 is 5.92. The van der Waals surface area contributed by atoms with Crippen molar-refractivity contribution in [3.8, 4) is 5.75 Å². The van der Waals surface area contributed by atoms with E-state index in [1.54, 1.807) is 0 Å². The van der Waals surface area contributed by atoms with Gasteiger partial charge in [-0.25, -0.2) is 0 Å². The second-order valence-electron chi connectivity index (χ2n) is 7.69. The zero-order valence-electron chi connectivity index (χ0n) is 17.7. The molecule has 158 valence electrons. The fourth-order valence-electron chi connectivity index (χ4n) is 3.15. The van der Waals surface area contributed by atoms with E-state index >= 15 is 0 Å². The molecule has 28 heavy (non-hydrogen) atoms. The highest BCUT2D eigenvalue weighted by Gasteiger charge is 2.16. The van der Waals surface area contributed by atoms with Gasteiger partial charge in [-0.2, -0.15) is 0 Å². The third kappa shape index (κ3) is 8.67. The first-order chi connectivity index (χ1) is 13.5. The molecule has 0 amide bonds. The molecule has 0 aliphatic carbocycles. The van der Waals surface area contributed by atoms with E-state index < -0.39 is 0 Å². The minimum Gasteiger partial charge on any atom is -0.489 e. The van der Waals surface area contributed by atoms with Crippen molar-refractivity contribution >= 4 is 17.6 Å². The molecular weight excluding hydrogens is 374 g/mol. The molecule has 1 aromatic carbocycles. The van der Waals surface area contributed by atoms with Crippen LogP contribution in [0.5, 0.6) is 5.75 Å². The van der Waals surface area contributed by atoms with Gasteiger partial charge in [0.25, 0.3) is 0 Å². The van der Waals surface area contributed by atoms with Crippen molar-refractivity contribution in [1.29, 1.82) is 0 Å². The normalized spacial score (nSPS) is 18.5. The maximum absolute atomic E-state index is 5.92. The standard InChI is InChI=1S/C21H36ClN5O/c1-5-23-21(24-14-17(2)16-27-12-10-26(4)11-13-27)25-15-18(3)28-20-8-6-19(22)7-9-20/h6-9,17-18H,5,10-16H2,1-4H3,(H2,23,24,25). The first-order valence-electron chi connectivity index (χ1n) is 10.3. The first kappa shape index (κ1) is 22.8. The number of ether oxygens (including phenoxy) is 1. The Labute approximate surface area is 175 Å². The third-order valence-corrected chi connectivity index (χ3v) is 5.03. The highest BCUT2D eigenvalue weighted by molar-refractivity contribution is 6.30. The van der Waals surface area contributed by atoms with Gasteiger partial charge in [0.1, 0.15) is 11.9 Å². The molecule has 2 N–H and O–H groups in total. The number of rotatable bonds is 9. The van der Waals surface area contributed by atoms with Crippen molar-refractivity contribution in [2.75, 3.05) is 59.4 Å². The second-order valence-corrected chi connectivity index (χ2v) is 8.13. The summed E-state index contributed by atoms with van der Waals surface area (Å²) in [6, 6.07) is 7.45. The maximum Gasteiger partial charge on any atom is 0.191 e. The highest BCUT2D eigenvalue weighted by Crippen LogP contribution is 2.16. The molecule has 1 aromatic rings. The molecule has 1 saturated heterocycles. The Morgan fingerprint density at radius 3 is 2.46 bits per heavy atom. The molecule has 2 atom stereocenters. The molecule has 7 heteroatoms. The lowest BCUT2D eigenvalue weighted by Gasteiger charge is -2.33. The van der Waals surface area contributed by atoms with Gasteiger partial charge in [-0.3, -0.25) is 4.99 Å². The Morgan fingerprint density at radius 1 is 1.14 bits per heavy atom. The number of halogens is 1. The van der Waals surface area contributed by atoms with Crippen LogP contribution in [0.4, 0.5) is 0 Å². The van der Waals surface area contributed by atoms with E-state index in [9.17, 15) is 0 Å². The van der Waals surface area contributed by atoms with Gasteiger partial charge in [0.15, 0.2) is 5.96 Å². The minimum absolute atomic E-state index is 0.0211. The van der Waals surface area contributed by atoms with Gasteiger partial charge in [0.05, 0.1) is 6.54 Å². The van der Waals surface area contributed by atoms with Crippen LogP contribution in [0.25, 0.3) is 0 Å². The first-order valence-corrected chi connectivity index (χ1v) is 10.7. The Balaban J connectivity index is 1.75. The molecule has 0 bridgehead atoms. The van der Waals surface area contributed by atoms with E-state index in [0.29, 0.717) is 17.5 Å². The van der Waals surface area contributed by atoms with E-state index in [2.05, 4.69) is 41.3 Å². The number of guanidine groups is 1. The Morgan fingerprint density at radius 2 is 1.82 bits per heavy atom. The van der Waals surface area contributed by atoms with Crippen molar-refractivity contribution in [3.05, 3.63) is 29.3 Å². The van der Waals surface area contributed by atoms with Gasteiger partial charge in [-0.1, -0.05) is 18.5 Å². The fourth-order valence-corrected chi connectivity index (χ4v) is 3.27. The monoisotopic (exact) mass is 409 g/mol. The summed E-state index contributed by atoms with van der Waals surface area (Å²) in [6.45, 7) is 14.5. The summed E-state index contributed by atoms with van der Waals surface area (Å²) in [5, 5.41) is 7.42. The molecular formula is C21H36ClN5O. The van der Waals surface area contributed by atoms with Crippen molar-refractivity contribution in [2.24, 2.45) is 10.9 Å². The van der Waals surface area contributed by atoms with Gasteiger partial charge in [-0.05, 0) is 51.1 Å². The van der Waals surface area contributed by atoms with Crippen LogP contribution < -0.4 is 15.4 Å². The quantitative estimate of drug-likeness (QED) is 0.485. The van der Waals surface area contributed by atoms with Gasteiger partial charge in [-0.15, -0.1) is 0 Å². The molecule has 1 aliphatic heterocycles. The summed E-state index contributed by atoms with van der Waals surface area (Å²) < 4.78 is 5.92. The molecule has 0 radical (unpaired) electrons.